The van der Waals surface area contributed by atoms with Crippen LogP contribution in [0.25, 0.3) is 0 Å². The molecule has 0 fully saturated rings. The summed E-state index contributed by atoms with van der Waals surface area (Å²) < 4.78 is 11.0. The summed E-state index contributed by atoms with van der Waals surface area (Å²) in [5.74, 6) is 2.10. The second-order valence-electron chi connectivity index (χ2n) is 5.54. The van der Waals surface area contributed by atoms with Crippen molar-refractivity contribution in [2.45, 2.75) is 33.3 Å². The zero-order chi connectivity index (χ0) is 15.4. The van der Waals surface area contributed by atoms with Crippen LogP contribution in [0.5, 0.6) is 11.5 Å². The highest BCUT2D eigenvalue weighted by atomic mass is 16.5. The van der Waals surface area contributed by atoms with Crippen molar-refractivity contribution in [3.63, 3.8) is 0 Å². The molecule has 0 radical (unpaired) electrons. The topological polar surface area (TPSA) is 44.5 Å². The molecule has 0 bridgehead atoms. The molecule has 3 heteroatoms. The molecule has 0 heterocycles. The van der Waals surface area contributed by atoms with E-state index in [0.717, 1.165) is 11.3 Å². The number of hydrogen-bond acceptors (Lipinski definition) is 3. The lowest BCUT2D eigenvalue weighted by atomic mass is 9.98. The second kappa shape index (κ2) is 6.53. The van der Waals surface area contributed by atoms with Crippen LogP contribution in [0.1, 0.15) is 36.5 Å². The molecule has 2 rings (SSSR count). The molecule has 112 valence electrons. The highest BCUT2D eigenvalue weighted by Crippen LogP contribution is 2.25. The number of hydrogen-bond donors (Lipinski definition) is 1. The number of rotatable bonds is 5. The number of anilines is 1. The zero-order valence-electron chi connectivity index (χ0n) is 13.1. The molecule has 2 N–H and O–H groups in total. The minimum Gasteiger partial charge on any atom is -0.495 e. The highest BCUT2D eigenvalue weighted by Gasteiger charge is 2.06. The van der Waals surface area contributed by atoms with Gasteiger partial charge in [0, 0.05) is 0 Å². The Kier molecular flexibility index (Phi) is 4.73. The first-order chi connectivity index (χ1) is 10.0. The lowest BCUT2D eigenvalue weighted by Crippen LogP contribution is -1.99. The van der Waals surface area contributed by atoms with Gasteiger partial charge in [0.15, 0.2) is 0 Å². The van der Waals surface area contributed by atoms with Crippen LogP contribution in [0.4, 0.5) is 5.69 Å². The van der Waals surface area contributed by atoms with E-state index in [2.05, 4.69) is 32.9 Å². The van der Waals surface area contributed by atoms with Crippen LogP contribution >= 0.6 is 0 Å². The van der Waals surface area contributed by atoms with Crippen LogP contribution in [0.3, 0.4) is 0 Å². The van der Waals surface area contributed by atoms with E-state index in [1.807, 2.05) is 24.3 Å². The first-order valence-corrected chi connectivity index (χ1v) is 7.17. The second-order valence-corrected chi connectivity index (χ2v) is 5.54. The number of ether oxygens (including phenoxy) is 2. The van der Waals surface area contributed by atoms with E-state index in [0.29, 0.717) is 24.0 Å². The number of nitrogen functional groups attached to an aromatic ring is 1. The third-order valence-corrected chi connectivity index (χ3v) is 3.56. The first kappa shape index (κ1) is 15.2. The minimum atomic E-state index is 0.495. The molecule has 0 aromatic heterocycles. The van der Waals surface area contributed by atoms with Gasteiger partial charge in [0.05, 0.1) is 12.8 Å². The number of benzene rings is 2. The maximum absolute atomic E-state index is 5.90. The lowest BCUT2D eigenvalue weighted by molar-refractivity contribution is 0.305. The van der Waals surface area contributed by atoms with E-state index in [-0.39, 0.29) is 0 Å². The molecule has 0 saturated carbocycles. The summed E-state index contributed by atoms with van der Waals surface area (Å²) in [5, 5.41) is 0. The fraction of sp³-hybridized carbons (Fsp3) is 0.333. The van der Waals surface area contributed by atoms with E-state index < -0.39 is 0 Å². The molecule has 2 aromatic carbocycles. The Hall–Kier alpha value is -2.16. The molecular weight excluding hydrogens is 262 g/mol. The van der Waals surface area contributed by atoms with Crippen molar-refractivity contribution >= 4 is 5.69 Å². The van der Waals surface area contributed by atoms with Gasteiger partial charge < -0.3 is 15.2 Å². The number of methoxy groups -OCH3 is 1. The van der Waals surface area contributed by atoms with Crippen molar-refractivity contribution in [1.29, 1.82) is 0 Å². The van der Waals surface area contributed by atoms with Crippen molar-refractivity contribution in [3.05, 3.63) is 53.1 Å². The average Bonchev–Trinajstić information content (AvgIpc) is 2.45. The van der Waals surface area contributed by atoms with Crippen molar-refractivity contribution in [2.75, 3.05) is 12.8 Å². The van der Waals surface area contributed by atoms with Gasteiger partial charge in [0.1, 0.15) is 18.1 Å². The molecule has 2 aromatic rings. The number of aryl methyl sites for hydroxylation is 1. The molecule has 0 unspecified atom stereocenters. The quantitative estimate of drug-likeness (QED) is 0.833. The zero-order valence-corrected chi connectivity index (χ0v) is 13.1. The standard InChI is InChI=1S/C18H23NO2/c1-12(2)16-7-6-15(9-13(16)3)21-11-14-5-8-18(20-4)17(19)10-14/h5-10,12H,11,19H2,1-4H3. The summed E-state index contributed by atoms with van der Waals surface area (Å²) in [6, 6.07) is 12.0. The number of nitrogens with two attached hydrogens (primary N) is 1. The van der Waals surface area contributed by atoms with Crippen molar-refractivity contribution in [3.8, 4) is 11.5 Å². The van der Waals surface area contributed by atoms with Crippen LogP contribution in [0, 0.1) is 6.92 Å². The third kappa shape index (κ3) is 3.69. The molecule has 0 atom stereocenters. The minimum absolute atomic E-state index is 0.495. The molecule has 0 aliphatic heterocycles. The summed E-state index contributed by atoms with van der Waals surface area (Å²) in [7, 11) is 1.61. The predicted molar refractivity (Wildman–Crippen MR) is 87.0 cm³/mol. The van der Waals surface area contributed by atoms with E-state index in [9.17, 15) is 0 Å². The SMILES string of the molecule is COc1ccc(COc2ccc(C(C)C)c(C)c2)cc1N. The van der Waals surface area contributed by atoms with E-state index in [4.69, 9.17) is 15.2 Å². The molecule has 0 spiro atoms. The smallest absolute Gasteiger partial charge is 0.141 e. The fourth-order valence-corrected chi connectivity index (χ4v) is 2.43. The molecule has 0 aliphatic rings. The maximum Gasteiger partial charge on any atom is 0.141 e. The van der Waals surface area contributed by atoms with E-state index in [1.54, 1.807) is 7.11 Å². The monoisotopic (exact) mass is 285 g/mol. The Bertz CT molecular complexity index is 621. The average molecular weight is 285 g/mol. The van der Waals surface area contributed by atoms with Crippen LogP contribution in [-0.4, -0.2) is 7.11 Å². The summed E-state index contributed by atoms with van der Waals surface area (Å²) in [5.41, 5.74) is 10.2. The van der Waals surface area contributed by atoms with Gasteiger partial charge in [-0.3, -0.25) is 0 Å². The van der Waals surface area contributed by atoms with Gasteiger partial charge in [0.25, 0.3) is 0 Å². The van der Waals surface area contributed by atoms with E-state index in [1.165, 1.54) is 11.1 Å². The molecular formula is C18H23NO2. The Morgan fingerprint density at radius 1 is 1.10 bits per heavy atom. The van der Waals surface area contributed by atoms with Crippen molar-refractivity contribution in [1.82, 2.24) is 0 Å². The molecule has 0 amide bonds. The lowest BCUT2D eigenvalue weighted by Gasteiger charge is -2.13. The van der Waals surface area contributed by atoms with Gasteiger partial charge in [-0.25, -0.2) is 0 Å². The van der Waals surface area contributed by atoms with Gasteiger partial charge in [-0.15, -0.1) is 0 Å². The van der Waals surface area contributed by atoms with Gasteiger partial charge in [-0.05, 0) is 53.8 Å². The Labute approximate surface area is 126 Å². The van der Waals surface area contributed by atoms with Crippen molar-refractivity contribution < 1.29 is 9.47 Å². The van der Waals surface area contributed by atoms with Crippen LogP contribution in [0.2, 0.25) is 0 Å². The van der Waals surface area contributed by atoms with Crippen molar-refractivity contribution in [2.24, 2.45) is 0 Å². The highest BCUT2D eigenvalue weighted by molar-refractivity contribution is 5.54. The van der Waals surface area contributed by atoms with Gasteiger partial charge in [0.2, 0.25) is 0 Å². The van der Waals surface area contributed by atoms with Gasteiger partial charge in [-0.2, -0.15) is 0 Å². The first-order valence-electron chi connectivity index (χ1n) is 7.17. The third-order valence-electron chi connectivity index (χ3n) is 3.56. The molecule has 21 heavy (non-hydrogen) atoms. The Morgan fingerprint density at radius 2 is 1.86 bits per heavy atom. The normalized spacial score (nSPS) is 10.7. The largest absolute Gasteiger partial charge is 0.495 e. The summed E-state index contributed by atoms with van der Waals surface area (Å²) in [4.78, 5) is 0. The Morgan fingerprint density at radius 3 is 2.43 bits per heavy atom. The molecule has 0 aliphatic carbocycles. The maximum atomic E-state index is 5.90. The van der Waals surface area contributed by atoms with Gasteiger partial charge >= 0.3 is 0 Å². The Balaban J connectivity index is 2.06. The predicted octanol–water partition coefficient (Wildman–Crippen LogP) is 4.29. The van der Waals surface area contributed by atoms with E-state index >= 15 is 0 Å². The fourth-order valence-electron chi connectivity index (χ4n) is 2.43. The summed E-state index contributed by atoms with van der Waals surface area (Å²) in [6.45, 7) is 7.01. The molecule has 3 nitrogen and oxygen atoms in total. The molecule has 0 saturated heterocycles. The van der Waals surface area contributed by atoms with Crippen LogP contribution in [0.15, 0.2) is 36.4 Å². The van der Waals surface area contributed by atoms with Crippen LogP contribution in [-0.2, 0) is 6.61 Å². The van der Waals surface area contributed by atoms with Gasteiger partial charge in [-0.1, -0.05) is 26.0 Å². The summed E-state index contributed by atoms with van der Waals surface area (Å²) in [6.07, 6.45) is 0. The summed E-state index contributed by atoms with van der Waals surface area (Å²) >= 11 is 0. The van der Waals surface area contributed by atoms with Crippen LogP contribution < -0.4 is 15.2 Å².